The van der Waals surface area contributed by atoms with Gasteiger partial charge in [0.1, 0.15) is 18.0 Å². The second-order valence-corrected chi connectivity index (χ2v) is 7.80. The summed E-state index contributed by atoms with van der Waals surface area (Å²) in [5.74, 6) is -1.03. The molecular weight excluding hydrogens is 288 g/mol. The molecule has 5 atom stereocenters. The predicted octanol–water partition coefficient (Wildman–Crippen LogP) is 1.75. The molecule has 22 heavy (non-hydrogen) atoms. The quantitative estimate of drug-likeness (QED) is 0.735. The Balaban J connectivity index is 1.64. The summed E-state index contributed by atoms with van der Waals surface area (Å²) in [5.41, 5.74) is -0.357. The largest absolute Gasteiger partial charge is 0.348 e. The zero-order chi connectivity index (χ0) is 15.8. The SMILES string of the molecule is CC1(C)OC[C@H]([C@H]2O[C@@H]3OC(C)(C)O[C@@H]3[C@@]23CCC(=O)C3)O1. The van der Waals surface area contributed by atoms with Crippen LogP contribution < -0.4 is 0 Å². The van der Waals surface area contributed by atoms with Crippen molar-refractivity contribution in [2.75, 3.05) is 6.61 Å². The maximum Gasteiger partial charge on any atom is 0.188 e. The van der Waals surface area contributed by atoms with Crippen LogP contribution in [0.4, 0.5) is 0 Å². The Kier molecular flexibility index (Phi) is 3.08. The van der Waals surface area contributed by atoms with Gasteiger partial charge in [0.25, 0.3) is 0 Å². The zero-order valence-electron chi connectivity index (χ0n) is 13.6. The fourth-order valence-electron chi connectivity index (χ4n) is 4.38. The molecular formula is C16H24O6. The predicted molar refractivity (Wildman–Crippen MR) is 74.9 cm³/mol. The number of hydrogen-bond donors (Lipinski definition) is 0. The van der Waals surface area contributed by atoms with E-state index in [4.69, 9.17) is 23.7 Å². The molecule has 0 aromatic carbocycles. The number of ketones is 1. The van der Waals surface area contributed by atoms with E-state index >= 15 is 0 Å². The highest BCUT2D eigenvalue weighted by atomic mass is 16.8. The van der Waals surface area contributed by atoms with E-state index in [0.717, 1.165) is 6.42 Å². The summed E-state index contributed by atoms with van der Waals surface area (Å²) in [6.45, 7) is 8.02. The van der Waals surface area contributed by atoms with Gasteiger partial charge in [0, 0.05) is 18.3 Å². The van der Waals surface area contributed by atoms with Crippen LogP contribution in [0.15, 0.2) is 0 Å². The summed E-state index contributed by atoms with van der Waals surface area (Å²) in [6, 6.07) is 0. The zero-order valence-corrected chi connectivity index (χ0v) is 13.6. The number of carbonyl (C=O) groups excluding carboxylic acids is 1. The molecule has 3 heterocycles. The fourth-order valence-corrected chi connectivity index (χ4v) is 4.38. The minimum Gasteiger partial charge on any atom is -0.348 e. The van der Waals surface area contributed by atoms with Crippen molar-refractivity contribution in [2.45, 2.75) is 83.1 Å². The van der Waals surface area contributed by atoms with Gasteiger partial charge in [-0.2, -0.15) is 0 Å². The lowest BCUT2D eigenvalue weighted by molar-refractivity contribution is -0.236. The molecule has 1 spiro atoms. The molecule has 3 aliphatic heterocycles. The van der Waals surface area contributed by atoms with E-state index in [2.05, 4.69) is 0 Å². The highest BCUT2D eigenvalue weighted by Crippen LogP contribution is 2.57. The first-order chi connectivity index (χ1) is 10.2. The lowest BCUT2D eigenvalue weighted by Gasteiger charge is -2.36. The van der Waals surface area contributed by atoms with E-state index in [-0.39, 0.29) is 29.5 Å². The number of Topliss-reactive ketones (excluding diaryl/α,β-unsaturated/α-hetero) is 1. The molecule has 0 bridgehead atoms. The lowest BCUT2D eigenvalue weighted by atomic mass is 9.75. The summed E-state index contributed by atoms with van der Waals surface area (Å²) in [5, 5.41) is 0. The van der Waals surface area contributed by atoms with Gasteiger partial charge in [-0.25, -0.2) is 0 Å². The maximum atomic E-state index is 12.0. The summed E-state index contributed by atoms with van der Waals surface area (Å²) < 4.78 is 29.9. The Morgan fingerprint density at radius 1 is 1.00 bits per heavy atom. The van der Waals surface area contributed by atoms with Crippen LogP contribution in [0.5, 0.6) is 0 Å². The van der Waals surface area contributed by atoms with Crippen LogP contribution in [-0.4, -0.2) is 48.6 Å². The minimum atomic E-state index is -0.675. The number of ether oxygens (including phenoxy) is 5. The Labute approximate surface area is 130 Å². The lowest BCUT2D eigenvalue weighted by Crippen LogP contribution is -2.47. The summed E-state index contributed by atoms with van der Waals surface area (Å²) in [4.78, 5) is 12.0. The normalized spacial score (nSPS) is 49.2. The van der Waals surface area contributed by atoms with Gasteiger partial charge < -0.3 is 23.7 Å². The first-order valence-corrected chi connectivity index (χ1v) is 8.05. The molecule has 0 aromatic rings. The summed E-state index contributed by atoms with van der Waals surface area (Å²) in [6.07, 6.45) is 0.734. The standard InChI is InChI=1S/C16H24O6/c1-14(2)18-8-10(20-14)11-16(6-5-9(17)7-16)12-13(19-11)22-15(3,4)21-12/h10-13H,5-8H2,1-4H3/t10-,11-,12+,13-,16-/m1/s1. The third kappa shape index (κ3) is 2.16. The van der Waals surface area contributed by atoms with E-state index < -0.39 is 17.9 Å². The van der Waals surface area contributed by atoms with Gasteiger partial charge in [-0.3, -0.25) is 4.79 Å². The number of fused-ring (bicyclic) bond motifs is 2. The van der Waals surface area contributed by atoms with Crippen LogP contribution >= 0.6 is 0 Å². The van der Waals surface area contributed by atoms with Crippen LogP contribution in [0.25, 0.3) is 0 Å². The van der Waals surface area contributed by atoms with Crippen LogP contribution in [0.1, 0.15) is 47.0 Å². The molecule has 4 aliphatic rings. The van der Waals surface area contributed by atoms with Crippen LogP contribution in [0.2, 0.25) is 0 Å². The van der Waals surface area contributed by atoms with Crippen LogP contribution in [0.3, 0.4) is 0 Å². The van der Waals surface area contributed by atoms with Crippen molar-refractivity contribution >= 4 is 5.78 Å². The molecule has 3 saturated heterocycles. The smallest absolute Gasteiger partial charge is 0.188 e. The average Bonchev–Trinajstić information content (AvgIpc) is 3.07. The summed E-state index contributed by atoms with van der Waals surface area (Å²) in [7, 11) is 0. The molecule has 0 N–H and O–H groups in total. The Morgan fingerprint density at radius 3 is 2.36 bits per heavy atom. The van der Waals surface area contributed by atoms with E-state index in [1.165, 1.54) is 0 Å². The molecule has 1 aliphatic carbocycles. The molecule has 0 aromatic heterocycles. The van der Waals surface area contributed by atoms with Crippen molar-refractivity contribution in [3.8, 4) is 0 Å². The van der Waals surface area contributed by atoms with Crippen LogP contribution in [0, 0.1) is 5.41 Å². The third-order valence-corrected chi connectivity index (χ3v) is 5.24. The van der Waals surface area contributed by atoms with Gasteiger partial charge in [0.15, 0.2) is 17.9 Å². The Hall–Kier alpha value is -0.530. The van der Waals surface area contributed by atoms with E-state index in [1.807, 2.05) is 27.7 Å². The fraction of sp³-hybridized carbons (Fsp3) is 0.938. The third-order valence-electron chi connectivity index (χ3n) is 5.24. The molecule has 0 unspecified atom stereocenters. The van der Waals surface area contributed by atoms with Gasteiger partial charge in [-0.05, 0) is 34.1 Å². The van der Waals surface area contributed by atoms with Crippen molar-refractivity contribution < 1.29 is 28.5 Å². The highest BCUT2D eigenvalue weighted by molar-refractivity contribution is 5.82. The van der Waals surface area contributed by atoms with Gasteiger partial charge in [0.2, 0.25) is 0 Å². The van der Waals surface area contributed by atoms with Gasteiger partial charge in [-0.15, -0.1) is 0 Å². The first kappa shape index (κ1) is 15.0. The van der Waals surface area contributed by atoms with Gasteiger partial charge in [-0.1, -0.05) is 0 Å². The highest BCUT2D eigenvalue weighted by Gasteiger charge is 2.67. The molecule has 6 heteroatoms. The Morgan fingerprint density at radius 2 is 1.77 bits per heavy atom. The number of carbonyl (C=O) groups is 1. The average molecular weight is 312 g/mol. The molecule has 0 radical (unpaired) electrons. The van der Waals surface area contributed by atoms with Crippen LogP contribution in [-0.2, 0) is 28.5 Å². The van der Waals surface area contributed by atoms with E-state index in [0.29, 0.717) is 19.4 Å². The van der Waals surface area contributed by atoms with Crippen molar-refractivity contribution in [3.63, 3.8) is 0 Å². The topological polar surface area (TPSA) is 63.2 Å². The second kappa shape index (κ2) is 4.51. The molecule has 4 fully saturated rings. The summed E-state index contributed by atoms with van der Waals surface area (Å²) >= 11 is 0. The molecule has 124 valence electrons. The van der Waals surface area contributed by atoms with Crippen molar-refractivity contribution in [3.05, 3.63) is 0 Å². The number of rotatable bonds is 1. The first-order valence-electron chi connectivity index (χ1n) is 8.05. The second-order valence-electron chi connectivity index (χ2n) is 7.80. The van der Waals surface area contributed by atoms with E-state index in [1.54, 1.807) is 0 Å². The minimum absolute atomic E-state index is 0.193. The molecule has 4 rings (SSSR count). The molecule has 1 saturated carbocycles. The maximum absolute atomic E-state index is 12.0. The molecule has 6 nitrogen and oxygen atoms in total. The monoisotopic (exact) mass is 312 g/mol. The van der Waals surface area contributed by atoms with Crippen molar-refractivity contribution in [1.82, 2.24) is 0 Å². The number of hydrogen-bond acceptors (Lipinski definition) is 6. The molecule has 0 amide bonds. The van der Waals surface area contributed by atoms with Gasteiger partial charge >= 0.3 is 0 Å². The Bertz CT molecular complexity index is 501. The van der Waals surface area contributed by atoms with Crippen molar-refractivity contribution in [1.29, 1.82) is 0 Å². The van der Waals surface area contributed by atoms with E-state index in [9.17, 15) is 4.79 Å². The van der Waals surface area contributed by atoms with Gasteiger partial charge in [0.05, 0.1) is 12.7 Å². The van der Waals surface area contributed by atoms with Crippen molar-refractivity contribution in [2.24, 2.45) is 5.41 Å².